The summed E-state index contributed by atoms with van der Waals surface area (Å²) < 4.78 is 18.9. The van der Waals surface area contributed by atoms with Crippen LogP contribution in [0.15, 0.2) is 80.1 Å². The summed E-state index contributed by atoms with van der Waals surface area (Å²) in [5.74, 6) is 1.33. The number of aryl methyl sites for hydroxylation is 1. The normalized spacial score (nSPS) is 15.4. The topological polar surface area (TPSA) is 83.0 Å². The number of halogens is 1. The summed E-state index contributed by atoms with van der Waals surface area (Å²) in [4.78, 5) is 32.2. The van der Waals surface area contributed by atoms with E-state index in [4.69, 9.17) is 25.5 Å². The van der Waals surface area contributed by atoms with E-state index in [0.717, 1.165) is 16.7 Å². The molecule has 0 N–H and O–H groups in total. The molecule has 39 heavy (non-hydrogen) atoms. The molecular formula is C30H27ClN2O5S. The first kappa shape index (κ1) is 26.7. The minimum atomic E-state index is -0.707. The number of benzene rings is 2. The van der Waals surface area contributed by atoms with Gasteiger partial charge in [0.1, 0.15) is 17.3 Å². The maximum Gasteiger partial charge on any atom is 0.338 e. The molecular weight excluding hydrogens is 536 g/mol. The lowest BCUT2D eigenvalue weighted by atomic mass is 9.96. The third-order valence-electron chi connectivity index (χ3n) is 6.38. The Hall–Kier alpha value is -3.88. The van der Waals surface area contributed by atoms with Crippen molar-refractivity contribution in [3.05, 3.63) is 107 Å². The van der Waals surface area contributed by atoms with Crippen LogP contribution in [0.2, 0.25) is 5.02 Å². The molecule has 9 heteroatoms. The highest BCUT2D eigenvalue weighted by molar-refractivity contribution is 7.07. The summed E-state index contributed by atoms with van der Waals surface area (Å²) in [7, 11) is 1.58. The fourth-order valence-corrected chi connectivity index (χ4v) is 5.72. The number of hydrogen-bond acceptors (Lipinski definition) is 7. The lowest BCUT2D eigenvalue weighted by Gasteiger charge is -2.25. The Balaban J connectivity index is 1.63. The molecule has 0 saturated heterocycles. The molecule has 0 amide bonds. The number of hydrogen-bond donors (Lipinski definition) is 0. The van der Waals surface area contributed by atoms with Gasteiger partial charge in [-0.3, -0.25) is 9.36 Å². The number of esters is 1. The van der Waals surface area contributed by atoms with E-state index in [-0.39, 0.29) is 11.7 Å². The van der Waals surface area contributed by atoms with Crippen LogP contribution in [0.25, 0.3) is 17.4 Å². The quantitative estimate of drug-likeness (QED) is 0.293. The van der Waals surface area contributed by atoms with Gasteiger partial charge >= 0.3 is 5.97 Å². The second kappa shape index (κ2) is 10.7. The largest absolute Gasteiger partial charge is 0.497 e. The van der Waals surface area contributed by atoms with E-state index in [1.54, 1.807) is 50.7 Å². The number of aromatic nitrogens is 1. The molecule has 2 aromatic heterocycles. The Morgan fingerprint density at radius 2 is 1.87 bits per heavy atom. The third kappa shape index (κ3) is 5.22. The lowest BCUT2D eigenvalue weighted by molar-refractivity contribution is -0.143. The van der Waals surface area contributed by atoms with Crippen LogP contribution in [0.4, 0.5) is 0 Å². The van der Waals surface area contributed by atoms with Crippen LogP contribution < -0.4 is 19.6 Å². The van der Waals surface area contributed by atoms with Crippen molar-refractivity contribution in [3.8, 4) is 17.1 Å². The van der Waals surface area contributed by atoms with E-state index < -0.39 is 12.0 Å². The number of carbonyl (C=O) groups excluding carboxylic acids is 1. The highest BCUT2D eigenvalue weighted by atomic mass is 35.5. The molecule has 0 radical (unpaired) electrons. The molecule has 1 aliphatic rings. The van der Waals surface area contributed by atoms with Gasteiger partial charge in [0.15, 0.2) is 4.80 Å². The van der Waals surface area contributed by atoms with Crippen LogP contribution in [0.3, 0.4) is 0 Å². The first-order valence-electron chi connectivity index (χ1n) is 12.4. The molecule has 1 atom stereocenters. The number of allylic oxidation sites excluding steroid dienone is 1. The van der Waals surface area contributed by atoms with Gasteiger partial charge < -0.3 is 13.9 Å². The van der Waals surface area contributed by atoms with Crippen molar-refractivity contribution in [1.29, 1.82) is 0 Å². The van der Waals surface area contributed by atoms with Crippen molar-refractivity contribution >= 4 is 35.0 Å². The van der Waals surface area contributed by atoms with Crippen LogP contribution in [0.1, 0.15) is 43.7 Å². The molecule has 0 fully saturated rings. The molecule has 0 saturated carbocycles. The number of thiazole rings is 1. The smallest absolute Gasteiger partial charge is 0.338 e. The van der Waals surface area contributed by atoms with Crippen LogP contribution in [0, 0.1) is 6.92 Å². The zero-order valence-corrected chi connectivity index (χ0v) is 23.7. The maximum absolute atomic E-state index is 13.8. The van der Waals surface area contributed by atoms with Crippen molar-refractivity contribution in [2.24, 2.45) is 4.99 Å². The number of ether oxygens (including phenoxy) is 2. The minimum Gasteiger partial charge on any atom is -0.497 e. The Labute approximate surface area is 234 Å². The number of carbonyl (C=O) groups is 1. The van der Waals surface area contributed by atoms with E-state index in [1.165, 1.54) is 11.3 Å². The predicted molar refractivity (Wildman–Crippen MR) is 152 cm³/mol. The van der Waals surface area contributed by atoms with Gasteiger partial charge in [-0.15, -0.1) is 0 Å². The molecule has 1 aliphatic heterocycles. The van der Waals surface area contributed by atoms with E-state index >= 15 is 0 Å². The molecule has 200 valence electrons. The summed E-state index contributed by atoms with van der Waals surface area (Å²) in [5.41, 5.74) is 3.20. The van der Waals surface area contributed by atoms with E-state index in [1.807, 2.05) is 49.4 Å². The fraction of sp³-hybridized carbons (Fsp3) is 0.233. The van der Waals surface area contributed by atoms with Gasteiger partial charge in [-0.25, -0.2) is 9.79 Å². The molecule has 1 unspecified atom stereocenters. The molecule has 5 rings (SSSR count). The van der Waals surface area contributed by atoms with Crippen LogP contribution >= 0.6 is 22.9 Å². The summed E-state index contributed by atoms with van der Waals surface area (Å²) in [6.07, 6.45) is 1.37. The average Bonchev–Trinajstić information content (AvgIpc) is 3.48. The number of fused-ring (bicyclic) bond motifs is 1. The standard InChI is InChI=1S/C30H27ClN2O5S/c1-16(2)37-29(35)26-18(4)32-30-33(27(26)19-7-10-21(36-5)11-8-19)28(34)25(39-30)15-22-12-13-24(38-22)23-14-20(31)9-6-17(23)3/h6-16,27H,1-5H3/b25-15-. The van der Waals surface area contributed by atoms with Crippen molar-refractivity contribution in [2.75, 3.05) is 7.11 Å². The third-order valence-corrected chi connectivity index (χ3v) is 7.60. The predicted octanol–water partition coefficient (Wildman–Crippen LogP) is 5.42. The molecule has 3 heterocycles. The van der Waals surface area contributed by atoms with Crippen molar-refractivity contribution in [1.82, 2.24) is 4.57 Å². The average molecular weight is 563 g/mol. The van der Waals surface area contributed by atoms with E-state index in [2.05, 4.69) is 4.99 Å². The second-order valence-electron chi connectivity index (χ2n) is 9.47. The summed E-state index contributed by atoms with van der Waals surface area (Å²) >= 11 is 7.43. The highest BCUT2D eigenvalue weighted by Gasteiger charge is 2.33. The van der Waals surface area contributed by atoms with Crippen LogP contribution in [-0.2, 0) is 9.53 Å². The molecule has 7 nitrogen and oxygen atoms in total. The van der Waals surface area contributed by atoms with Crippen molar-refractivity contribution < 1.29 is 18.7 Å². The van der Waals surface area contributed by atoms with Crippen molar-refractivity contribution in [3.63, 3.8) is 0 Å². The first-order valence-corrected chi connectivity index (χ1v) is 13.6. The highest BCUT2D eigenvalue weighted by Crippen LogP contribution is 2.32. The monoisotopic (exact) mass is 562 g/mol. The molecule has 4 aromatic rings. The summed E-state index contributed by atoms with van der Waals surface area (Å²) in [6, 6.07) is 15.9. The van der Waals surface area contributed by atoms with Gasteiger partial charge in [0.2, 0.25) is 0 Å². The van der Waals surface area contributed by atoms with Crippen LogP contribution in [-0.4, -0.2) is 23.8 Å². The maximum atomic E-state index is 13.8. The summed E-state index contributed by atoms with van der Waals surface area (Å²) in [5, 5.41) is 0.613. The number of rotatable bonds is 6. The van der Waals surface area contributed by atoms with Crippen molar-refractivity contribution in [2.45, 2.75) is 39.8 Å². The Bertz CT molecular complexity index is 1780. The van der Waals surface area contributed by atoms with E-state index in [9.17, 15) is 9.59 Å². The fourth-order valence-electron chi connectivity index (χ4n) is 4.53. The number of nitrogens with zero attached hydrogens (tertiary/aromatic N) is 2. The SMILES string of the molecule is COc1ccc(C2C(C(=O)OC(C)C)=C(C)N=c3s/c(=C\c4ccc(-c5cc(Cl)ccc5C)o4)c(=O)n32)cc1. The minimum absolute atomic E-state index is 0.279. The Morgan fingerprint density at radius 1 is 1.13 bits per heavy atom. The van der Waals surface area contributed by atoms with Crippen LogP contribution in [0.5, 0.6) is 5.75 Å². The van der Waals surface area contributed by atoms with Gasteiger partial charge in [0.05, 0.1) is 35.1 Å². The molecule has 0 bridgehead atoms. The summed E-state index contributed by atoms with van der Waals surface area (Å²) in [6.45, 7) is 7.31. The second-order valence-corrected chi connectivity index (χ2v) is 10.9. The van der Waals surface area contributed by atoms with E-state index in [0.29, 0.717) is 42.9 Å². The van der Waals surface area contributed by atoms with Gasteiger partial charge in [0.25, 0.3) is 5.56 Å². The zero-order valence-electron chi connectivity index (χ0n) is 22.2. The van der Waals surface area contributed by atoms with Gasteiger partial charge in [-0.1, -0.05) is 41.1 Å². The Morgan fingerprint density at radius 3 is 2.56 bits per heavy atom. The van der Waals surface area contributed by atoms with Gasteiger partial charge in [0, 0.05) is 16.7 Å². The van der Waals surface area contributed by atoms with Gasteiger partial charge in [-0.05, 0) is 75.2 Å². The molecule has 0 aliphatic carbocycles. The number of methoxy groups -OCH3 is 1. The number of furan rings is 1. The Kier molecular flexibility index (Phi) is 7.34. The van der Waals surface area contributed by atoms with Gasteiger partial charge in [-0.2, -0.15) is 0 Å². The first-order chi connectivity index (χ1) is 18.7. The molecule has 0 spiro atoms. The molecule has 2 aromatic carbocycles. The zero-order chi connectivity index (χ0) is 27.8. The lowest BCUT2D eigenvalue weighted by Crippen LogP contribution is -2.40.